The first-order chi connectivity index (χ1) is 11.9. The van der Waals surface area contributed by atoms with Crippen molar-refractivity contribution in [2.75, 3.05) is 13.1 Å². The predicted octanol–water partition coefficient (Wildman–Crippen LogP) is 3.31. The van der Waals surface area contributed by atoms with Crippen LogP contribution in [0.1, 0.15) is 31.9 Å². The average molecular weight is 378 g/mol. The molecule has 5 nitrogen and oxygen atoms in total. The number of nitrogens with two attached hydrogens (primary N) is 1. The summed E-state index contributed by atoms with van der Waals surface area (Å²) in [6, 6.07) is 1.76. The fourth-order valence-corrected chi connectivity index (χ4v) is 2.49. The standard InChI is InChI=1S/C17H22F4N2O3/c1-16(2,3)26-15(24)23-7-13(22)14(8-23)25-9-10-4-5-11(6-12(10)18)17(19,20)21/h4-6,13-14H,7-9,22H2,1-3H3/t13-,14-/m1/s1. The van der Waals surface area contributed by atoms with Crippen molar-refractivity contribution in [2.45, 2.75) is 51.3 Å². The van der Waals surface area contributed by atoms with Gasteiger partial charge >= 0.3 is 12.3 Å². The molecule has 0 bridgehead atoms. The maximum atomic E-state index is 13.8. The Labute approximate surface area is 149 Å². The summed E-state index contributed by atoms with van der Waals surface area (Å²) in [6.45, 7) is 5.35. The molecule has 1 amide bonds. The number of carbonyl (C=O) groups excluding carboxylic acids is 1. The van der Waals surface area contributed by atoms with E-state index in [1.165, 1.54) is 4.90 Å². The van der Waals surface area contributed by atoms with Crippen molar-refractivity contribution < 1.29 is 31.8 Å². The maximum Gasteiger partial charge on any atom is 0.416 e. The number of nitrogens with zero attached hydrogens (tertiary/aromatic N) is 1. The summed E-state index contributed by atoms with van der Waals surface area (Å²) in [5, 5.41) is 0. The van der Waals surface area contributed by atoms with Crippen LogP contribution >= 0.6 is 0 Å². The second kappa shape index (κ2) is 7.40. The molecule has 0 spiro atoms. The predicted molar refractivity (Wildman–Crippen MR) is 85.8 cm³/mol. The topological polar surface area (TPSA) is 64.8 Å². The minimum Gasteiger partial charge on any atom is -0.444 e. The summed E-state index contributed by atoms with van der Waals surface area (Å²) in [5.74, 6) is -1.00. The molecule has 0 unspecified atom stereocenters. The second-order valence-corrected chi connectivity index (χ2v) is 7.20. The first kappa shape index (κ1) is 20.4. The molecule has 0 aromatic heterocycles. The molecule has 2 atom stereocenters. The van der Waals surface area contributed by atoms with Gasteiger partial charge in [0.1, 0.15) is 11.4 Å². The Morgan fingerprint density at radius 2 is 1.92 bits per heavy atom. The van der Waals surface area contributed by atoms with E-state index >= 15 is 0 Å². The number of carbonyl (C=O) groups is 1. The van der Waals surface area contributed by atoms with Gasteiger partial charge in [-0.1, -0.05) is 6.07 Å². The van der Waals surface area contributed by atoms with Gasteiger partial charge in [-0.3, -0.25) is 0 Å². The lowest BCUT2D eigenvalue weighted by molar-refractivity contribution is -0.137. The van der Waals surface area contributed by atoms with Gasteiger partial charge in [-0.05, 0) is 32.9 Å². The number of amides is 1. The van der Waals surface area contributed by atoms with Crippen molar-refractivity contribution in [1.29, 1.82) is 0 Å². The fraction of sp³-hybridized carbons (Fsp3) is 0.588. The summed E-state index contributed by atoms with van der Waals surface area (Å²) in [7, 11) is 0. The molecule has 2 N–H and O–H groups in total. The Hall–Kier alpha value is -1.87. The van der Waals surface area contributed by atoms with Gasteiger partial charge in [0.25, 0.3) is 0 Å². The van der Waals surface area contributed by atoms with Crippen molar-refractivity contribution in [1.82, 2.24) is 4.90 Å². The van der Waals surface area contributed by atoms with E-state index in [0.29, 0.717) is 6.07 Å². The molecule has 1 aliphatic heterocycles. The lowest BCUT2D eigenvalue weighted by Gasteiger charge is -2.24. The second-order valence-electron chi connectivity index (χ2n) is 7.20. The fourth-order valence-electron chi connectivity index (χ4n) is 2.49. The van der Waals surface area contributed by atoms with Gasteiger partial charge in [-0.15, -0.1) is 0 Å². The van der Waals surface area contributed by atoms with Gasteiger partial charge in [-0.2, -0.15) is 13.2 Å². The minimum absolute atomic E-state index is 0.0130. The number of likely N-dealkylation sites (tertiary alicyclic amines) is 1. The van der Waals surface area contributed by atoms with Gasteiger partial charge in [0.15, 0.2) is 0 Å². The summed E-state index contributed by atoms with van der Waals surface area (Å²) in [6.07, 6.45) is -5.70. The zero-order chi connectivity index (χ0) is 19.7. The first-order valence-corrected chi connectivity index (χ1v) is 8.07. The number of ether oxygens (including phenoxy) is 2. The van der Waals surface area contributed by atoms with E-state index in [2.05, 4.69) is 0 Å². The molecule has 146 valence electrons. The third-order valence-corrected chi connectivity index (χ3v) is 3.79. The van der Waals surface area contributed by atoms with Crippen molar-refractivity contribution in [3.8, 4) is 0 Å². The van der Waals surface area contributed by atoms with Gasteiger partial charge < -0.3 is 20.1 Å². The molecule has 0 saturated carbocycles. The van der Waals surface area contributed by atoms with Gasteiger partial charge in [0.05, 0.1) is 30.9 Å². The molecule has 1 heterocycles. The highest BCUT2D eigenvalue weighted by atomic mass is 19.4. The molecule has 1 fully saturated rings. The molecule has 1 aromatic rings. The van der Waals surface area contributed by atoms with Crippen molar-refractivity contribution in [3.63, 3.8) is 0 Å². The maximum absolute atomic E-state index is 13.8. The van der Waals surface area contributed by atoms with Crippen LogP contribution in [0.25, 0.3) is 0 Å². The highest BCUT2D eigenvalue weighted by molar-refractivity contribution is 5.68. The lowest BCUT2D eigenvalue weighted by atomic mass is 10.1. The van der Waals surface area contributed by atoms with Crippen LogP contribution < -0.4 is 5.73 Å². The number of benzene rings is 1. The van der Waals surface area contributed by atoms with Crippen LogP contribution in [-0.4, -0.2) is 41.8 Å². The average Bonchev–Trinajstić information content (AvgIpc) is 2.84. The molecule has 1 saturated heterocycles. The first-order valence-electron chi connectivity index (χ1n) is 8.07. The quantitative estimate of drug-likeness (QED) is 0.820. The Kier molecular flexibility index (Phi) is 5.82. The summed E-state index contributed by atoms with van der Waals surface area (Å²) in [4.78, 5) is 13.4. The van der Waals surface area contributed by atoms with E-state index in [1.807, 2.05) is 0 Å². The lowest BCUT2D eigenvalue weighted by Crippen LogP contribution is -2.36. The smallest absolute Gasteiger partial charge is 0.416 e. The van der Waals surface area contributed by atoms with E-state index in [4.69, 9.17) is 15.2 Å². The third-order valence-electron chi connectivity index (χ3n) is 3.79. The molecule has 0 aliphatic carbocycles. The highest BCUT2D eigenvalue weighted by Gasteiger charge is 2.36. The number of rotatable bonds is 3. The summed E-state index contributed by atoms with van der Waals surface area (Å²) in [5.41, 5.74) is 4.21. The van der Waals surface area contributed by atoms with E-state index in [9.17, 15) is 22.4 Å². The monoisotopic (exact) mass is 378 g/mol. The highest BCUT2D eigenvalue weighted by Crippen LogP contribution is 2.30. The van der Waals surface area contributed by atoms with Crippen LogP contribution in [0.2, 0.25) is 0 Å². The SMILES string of the molecule is CC(C)(C)OC(=O)N1C[C@@H](N)[C@H](OCc2ccc(C(F)(F)F)cc2F)C1. The summed E-state index contributed by atoms with van der Waals surface area (Å²) < 4.78 is 62.3. The van der Waals surface area contributed by atoms with Gasteiger partial charge in [0, 0.05) is 12.1 Å². The van der Waals surface area contributed by atoms with Crippen LogP contribution in [0, 0.1) is 5.82 Å². The molecule has 9 heteroatoms. The van der Waals surface area contributed by atoms with Crippen molar-refractivity contribution in [2.24, 2.45) is 5.73 Å². The largest absolute Gasteiger partial charge is 0.444 e. The number of alkyl halides is 3. The van der Waals surface area contributed by atoms with Crippen molar-refractivity contribution >= 4 is 6.09 Å². The Bertz CT molecular complexity index is 658. The summed E-state index contributed by atoms with van der Waals surface area (Å²) >= 11 is 0. The van der Waals surface area contributed by atoms with Crippen LogP contribution in [0.3, 0.4) is 0 Å². The molecule has 1 aliphatic rings. The van der Waals surface area contributed by atoms with Crippen LogP contribution in [-0.2, 0) is 22.3 Å². The van der Waals surface area contributed by atoms with Crippen LogP contribution in [0.5, 0.6) is 0 Å². The van der Waals surface area contributed by atoms with Crippen molar-refractivity contribution in [3.05, 3.63) is 35.1 Å². The Morgan fingerprint density at radius 3 is 2.46 bits per heavy atom. The Balaban J connectivity index is 1.95. The van der Waals surface area contributed by atoms with E-state index in [-0.39, 0.29) is 25.3 Å². The minimum atomic E-state index is -4.61. The molecule has 0 radical (unpaired) electrons. The molecule has 1 aromatic carbocycles. The van der Waals surface area contributed by atoms with Crippen LogP contribution in [0.15, 0.2) is 18.2 Å². The zero-order valence-corrected chi connectivity index (χ0v) is 14.8. The molecule has 2 rings (SSSR count). The van der Waals surface area contributed by atoms with E-state index in [1.54, 1.807) is 20.8 Å². The van der Waals surface area contributed by atoms with Gasteiger partial charge in [-0.25, -0.2) is 9.18 Å². The van der Waals surface area contributed by atoms with Gasteiger partial charge in [0.2, 0.25) is 0 Å². The zero-order valence-electron chi connectivity index (χ0n) is 14.8. The normalized spacial score (nSPS) is 21.2. The van der Waals surface area contributed by atoms with E-state index < -0.39 is 41.4 Å². The number of halogens is 4. The van der Waals surface area contributed by atoms with Crippen LogP contribution in [0.4, 0.5) is 22.4 Å². The number of hydrogen-bond donors (Lipinski definition) is 1. The van der Waals surface area contributed by atoms with E-state index in [0.717, 1.165) is 12.1 Å². The molecular weight excluding hydrogens is 356 g/mol. The molecule has 26 heavy (non-hydrogen) atoms. The number of hydrogen-bond acceptors (Lipinski definition) is 4. The molecular formula is C17H22F4N2O3. The Morgan fingerprint density at radius 1 is 1.27 bits per heavy atom. The third kappa shape index (κ3) is 5.31.